The van der Waals surface area contributed by atoms with Crippen molar-refractivity contribution >= 4 is 28.5 Å². The Balaban J connectivity index is 1.67. The lowest BCUT2D eigenvalue weighted by Crippen LogP contribution is -2.55. The van der Waals surface area contributed by atoms with Gasteiger partial charge in [0.1, 0.15) is 0 Å². The molecule has 0 bridgehead atoms. The average molecular weight is 412 g/mol. The minimum atomic E-state index is -5.10. The summed E-state index contributed by atoms with van der Waals surface area (Å²) in [5.74, 6) is -2.17. The number of hydrogen-bond donors (Lipinski definition) is 1. The van der Waals surface area contributed by atoms with Crippen molar-refractivity contribution in [3.05, 3.63) is 83.9 Å². The van der Waals surface area contributed by atoms with Gasteiger partial charge < -0.3 is 5.32 Å². The molecule has 1 unspecified atom stereocenters. The minimum Gasteiger partial charge on any atom is -0.312 e. The highest BCUT2D eigenvalue weighted by atomic mass is 19.4. The molecule has 5 nitrogen and oxygen atoms in total. The number of halogens is 3. The Hall–Kier alpha value is -3.68. The zero-order valence-corrected chi connectivity index (χ0v) is 15.4. The Morgan fingerprint density at radius 3 is 2.20 bits per heavy atom. The first-order chi connectivity index (χ1) is 14.2. The van der Waals surface area contributed by atoms with E-state index in [2.05, 4.69) is 0 Å². The molecule has 4 rings (SSSR count). The molecule has 8 heteroatoms. The molecule has 152 valence electrons. The van der Waals surface area contributed by atoms with E-state index in [-0.39, 0.29) is 5.56 Å². The van der Waals surface area contributed by atoms with Crippen molar-refractivity contribution in [1.82, 2.24) is 10.2 Å². The van der Waals surface area contributed by atoms with Crippen LogP contribution in [0.4, 0.5) is 18.0 Å². The lowest BCUT2D eigenvalue weighted by Gasteiger charge is -2.29. The predicted octanol–water partition coefficient (Wildman–Crippen LogP) is 4.03. The normalized spacial score (nSPS) is 19.2. The summed E-state index contributed by atoms with van der Waals surface area (Å²) in [7, 11) is 0. The van der Waals surface area contributed by atoms with Crippen molar-refractivity contribution in [2.24, 2.45) is 0 Å². The molecule has 0 radical (unpaired) electrons. The van der Waals surface area contributed by atoms with Crippen LogP contribution in [0.25, 0.3) is 10.8 Å². The van der Waals surface area contributed by atoms with Gasteiger partial charge in [-0.25, -0.2) is 4.79 Å². The highest BCUT2D eigenvalue weighted by molar-refractivity contribution is 6.12. The van der Waals surface area contributed by atoms with Gasteiger partial charge in [0.15, 0.2) is 5.78 Å². The Labute approximate surface area is 169 Å². The van der Waals surface area contributed by atoms with Crippen LogP contribution in [0, 0.1) is 0 Å². The van der Waals surface area contributed by atoms with Crippen LogP contribution < -0.4 is 5.32 Å². The smallest absolute Gasteiger partial charge is 0.312 e. The number of nitrogens with one attached hydrogen (secondary N) is 1. The zero-order chi connectivity index (χ0) is 21.5. The lowest BCUT2D eigenvalue weighted by atomic mass is 9.89. The zero-order valence-electron chi connectivity index (χ0n) is 15.4. The first-order valence-electron chi connectivity index (χ1n) is 9.02. The quantitative estimate of drug-likeness (QED) is 0.520. The van der Waals surface area contributed by atoms with Gasteiger partial charge in [-0.2, -0.15) is 13.2 Å². The second-order valence-electron chi connectivity index (χ2n) is 6.92. The number of carbonyl (C=O) groups excluding carboxylic acids is 3. The first kappa shape index (κ1) is 19.6. The molecule has 1 saturated heterocycles. The third kappa shape index (κ3) is 3.01. The van der Waals surface area contributed by atoms with E-state index in [9.17, 15) is 27.6 Å². The third-order valence-corrected chi connectivity index (χ3v) is 5.11. The molecule has 1 fully saturated rings. The highest BCUT2D eigenvalue weighted by Gasteiger charge is 2.68. The van der Waals surface area contributed by atoms with Crippen LogP contribution >= 0.6 is 0 Å². The van der Waals surface area contributed by atoms with Crippen LogP contribution in [0.1, 0.15) is 15.9 Å². The number of rotatable bonds is 4. The summed E-state index contributed by atoms with van der Waals surface area (Å²) in [6.07, 6.45) is -5.10. The molecule has 3 aromatic carbocycles. The number of alkyl halides is 3. The van der Waals surface area contributed by atoms with Gasteiger partial charge in [-0.15, -0.1) is 0 Å². The van der Waals surface area contributed by atoms with Crippen LogP contribution in [0.15, 0.2) is 72.8 Å². The van der Waals surface area contributed by atoms with Crippen molar-refractivity contribution in [2.45, 2.75) is 11.7 Å². The van der Waals surface area contributed by atoms with E-state index in [1.54, 1.807) is 29.6 Å². The van der Waals surface area contributed by atoms with Crippen molar-refractivity contribution in [3.63, 3.8) is 0 Å². The molecule has 1 N–H and O–H groups in total. The maximum absolute atomic E-state index is 14.0. The predicted molar refractivity (Wildman–Crippen MR) is 103 cm³/mol. The molecule has 3 aromatic rings. The van der Waals surface area contributed by atoms with Crippen LogP contribution in [0.3, 0.4) is 0 Å². The van der Waals surface area contributed by atoms with Gasteiger partial charge in [-0.05, 0) is 22.4 Å². The average Bonchev–Trinajstić information content (AvgIpc) is 2.99. The van der Waals surface area contributed by atoms with E-state index >= 15 is 0 Å². The molecule has 1 atom stereocenters. The summed E-state index contributed by atoms with van der Waals surface area (Å²) in [4.78, 5) is 38.2. The van der Waals surface area contributed by atoms with Crippen LogP contribution in [-0.2, 0) is 10.3 Å². The maximum Gasteiger partial charge on any atom is 0.425 e. The fraction of sp³-hybridized carbons (Fsp3) is 0.136. The Morgan fingerprint density at radius 1 is 0.900 bits per heavy atom. The molecule has 1 heterocycles. The van der Waals surface area contributed by atoms with Gasteiger partial charge in [0.05, 0.1) is 6.54 Å². The lowest BCUT2D eigenvalue weighted by molar-refractivity contribution is -0.198. The van der Waals surface area contributed by atoms with Gasteiger partial charge in [-0.1, -0.05) is 66.7 Å². The van der Waals surface area contributed by atoms with E-state index in [1.807, 2.05) is 12.1 Å². The molecule has 0 aromatic heterocycles. The maximum atomic E-state index is 14.0. The monoisotopic (exact) mass is 412 g/mol. The Bertz CT molecular complexity index is 1160. The summed E-state index contributed by atoms with van der Waals surface area (Å²) in [5, 5.41) is 3.41. The summed E-state index contributed by atoms with van der Waals surface area (Å²) < 4.78 is 42.0. The fourth-order valence-corrected chi connectivity index (χ4v) is 3.56. The van der Waals surface area contributed by atoms with Gasteiger partial charge >= 0.3 is 12.2 Å². The number of fused-ring (bicyclic) bond motifs is 1. The van der Waals surface area contributed by atoms with Crippen molar-refractivity contribution in [2.75, 3.05) is 6.54 Å². The highest BCUT2D eigenvalue weighted by Crippen LogP contribution is 2.43. The van der Waals surface area contributed by atoms with Crippen LogP contribution in [0.2, 0.25) is 0 Å². The van der Waals surface area contributed by atoms with Crippen molar-refractivity contribution in [1.29, 1.82) is 0 Å². The van der Waals surface area contributed by atoms with Crippen molar-refractivity contribution in [3.8, 4) is 0 Å². The van der Waals surface area contributed by atoms with E-state index < -0.39 is 41.5 Å². The number of nitrogens with zero attached hydrogens (tertiary/aromatic N) is 1. The number of amides is 3. The van der Waals surface area contributed by atoms with Gasteiger partial charge in [0, 0.05) is 5.56 Å². The van der Waals surface area contributed by atoms with E-state index in [0.717, 1.165) is 22.9 Å². The number of urea groups is 1. The van der Waals surface area contributed by atoms with E-state index in [1.165, 1.54) is 24.3 Å². The second-order valence-corrected chi connectivity index (χ2v) is 6.92. The van der Waals surface area contributed by atoms with Crippen LogP contribution in [0.5, 0.6) is 0 Å². The summed E-state index contributed by atoms with van der Waals surface area (Å²) in [5.41, 5.74) is -3.45. The van der Waals surface area contributed by atoms with Crippen LogP contribution in [-0.4, -0.2) is 35.3 Å². The molecular weight excluding hydrogens is 397 g/mol. The van der Waals surface area contributed by atoms with E-state index in [0.29, 0.717) is 4.90 Å². The number of Topliss-reactive ketones (excluding diaryl/α,β-unsaturated/α-hetero) is 1. The van der Waals surface area contributed by atoms with Gasteiger partial charge in [-0.3, -0.25) is 14.5 Å². The summed E-state index contributed by atoms with van der Waals surface area (Å²) in [6, 6.07) is 17.1. The Morgan fingerprint density at radius 2 is 1.53 bits per heavy atom. The molecule has 1 aliphatic rings. The molecule has 0 aliphatic carbocycles. The molecular formula is C22H15F3N2O3. The molecule has 1 aliphatic heterocycles. The molecule has 0 saturated carbocycles. The Kier molecular flexibility index (Phi) is 4.57. The standard InChI is InChI=1S/C22H15F3N2O3/c23-22(24,25)21(17-8-2-1-3-9-17)19(29)27(20(30)26-21)13-18(28)16-11-10-14-6-4-5-7-15(14)12-16/h1-12H,13H2,(H,26,30). The molecule has 30 heavy (non-hydrogen) atoms. The fourth-order valence-electron chi connectivity index (χ4n) is 3.56. The number of ketones is 1. The third-order valence-electron chi connectivity index (χ3n) is 5.11. The van der Waals surface area contributed by atoms with E-state index in [4.69, 9.17) is 0 Å². The number of imide groups is 1. The number of hydrogen-bond acceptors (Lipinski definition) is 3. The number of benzene rings is 3. The second kappa shape index (κ2) is 6.98. The van der Waals surface area contributed by atoms with Crippen molar-refractivity contribution < 1.29 is 27.6 Å². The molecule has 3 amide bonds. The number of carbonyl (C=O) groups is 3. The summed E-state index contributed by atoms with van der Waals surface area (Å²) in [6.45, 7) is -0.798. The minimum absolute atomic E-state index is 0.193. The largest absolute Gasteiger partial charge is 0.425 e. The SMILES string of the molecule is O=C(CN1C(=O)NC(c2ccccc2)(C(F)(F)F)C1=O)c1ccc2ccccc2c1. The topological polar surface area (TPSA) is 66.5 Å². The first-order valence-corrected chi connectivity index (χ1v) is 9.02. The molecule has 0 spiro atoms. The summed E-state index contributed by atoms with van der Waals surface area (Å²) >= 11 is 0. The van der Waals surface area contributed by atoms with Gasteiger partial charge in [0.2, 0.25) is 5.54 Å². The van der Waals surface area contributed by atoms with Gasteiger partial charge in [0.25, 0.3) is 5.91 Å².